The number of anilines is 1. The van der Waals surface area contributed by atoms with Gasteiger partial charge in [-0.15, -0.1) is 0 Å². The van der Waals surface area contributed by atoms with Crippen LogP contribution in [0.1, 0.15) is 5.56 Å². The summed E-state index contributed by atoms with van der Waals surface area (Å²) < 4.78 is 37.5. The highest BCUT2D eigenvalue weighted by atomic mass is 19.4. The van der Waals surface area contributed by atoms with Crippen molar-refractivity contribution in [3.05, 3.63) is 23.9 Å². The summed E-state index contributed by atoms with van der Waals surface area (Å²) in [7, 11) is 0. The van der Waals surface area contributed by atoms with Crippen LogP contribution in [0.5, 0.6) is 0 Å². The van der Waals surface area contributed by atoms with Crippen molar-refractivity contribution in [2.45, 2.75) is 12.2 Å². The van der Waals surface area contributed by atoms with Gasteiger partial charge in [0.1, 0.15) is 5.82 Å². The molecule has 2 N–H and O–H groups in total. The minimum Gasteiger partial charge on any atom is -0.367 e. The molecule has 2 heterocycles. The number of alkyl halides is 3. The lowest BCUT2D eigenvalue weighted by atomic mass is 10.2. The maximum Gasteiger partial charge on any atom is 0.416 e. The van der Waals surface area contributed by atoms with Crippen molar-refractivity contribution < 1.29 is 13.2 Å². The molecule has 2 aliphatic rings. The van der Waals surface area contributed by atoms with Gasteiger partial charge in [-0.3, -0.25) is 0 Å². The van der Waals surface area contributed by atoms with Gasteiger partial charge in [0, 0.05) is 25.3 Å². The Morgan fingerprint density at radius 3 is 2.65 bits per heavy atom. The zero-order valence-electron chi connectivity index (χ0n) is 8.96. The number of nitrogens with one attached hydrogen (secondary N) is 2. The van der Waals surface area contributed by atoms with E-state index in [-0.39, 0.29) is 6.04 Å². The van der Waals surface area contributed by atoms with Gasteiger partial charge in [0.05, 0.1) is 5.56 Å². The second-order valence-corrected chi connectivity index (χ2v) is 4.58. The first kappa shape index (κ1) is 10.8. The van der Waals surface area contributed by atoms with E-state index in [1.807, 2.05) is 0 Å². The Morgan fingerprint density at radius 1 is 1.29 bits per heavy atom. The number of pyridine rings is 1. The maximum atomic E-state index is 12.5. The Bertz CT molecular complexity index is 422. The van der Waals surface area contributed by atoms with Gasteiger partial charge >= 0.3 is 6.18 Å². The third kappa shape index (κ3) is 1.97. The minimum atomic E-state index is -4.31. The zero-order chi connectivity index (χ0) is 12.0. The van der Waals surface area contributed by atoms with E-state index in [9.17, 15) is 13.2 Å². The van der Waals surface area contributed by atoms with Crippen molar-refractivity contribution in [2.24, 2.45) is 11.8 Å². The van der Waals surface area contributed by atoms with Gasteiger partial charge in [-0.05, 0) is 24.0 Å². The van der Waals surface area contributed by atoms with Crippen LogP contribution >= 0.6 is 0 Å². The molecule has 6 heteroatoms. The van der Waals surface area contributed by atoms with Crippen molar-refractivity contribution in [1.82, 2.24) is 10.3 Å². The van der Waals surface area contributed by atoms with E-state index in [1.54, 1.807) is 0 Å². The second-order valence-electron chi connectivity index (χ2n) is 4.58. The summed E-state index contributed by atoms with van der Waals surface area (Å²) in [4.78, 5) is 3.93. The second kappa shape index (κ2) is 3.60. The Balaban J connectivity index is 1.72. The molecule has 3 nitrogen and oxygen atoms in total. The molecule has 0 amide bonds. The smallest absolute Gasteiger partial charge is 0.367 e. The van der Waals surface area contributed by atoms with Crippen LogP contribution in [-0.2, 0) is 6.18 Å². The quantitative estimate of drug-likeness (QED) is 0.830. The van der Waals surface area contributed by atoms with E-state index in [0.29, 0.717) is 17.7 Å². The van der Waals surface area contributed by atoms with Crippen LogP contribution < -0.4 is 10.6 Å². The van der Waals surface area contributed by atoms with Crippen LogP contribution in [0.4, 0.5) is 19.0 Å². The normalized spacial score (nSPS) is 31.1. The molecule has 1 aliphatic carbocycles. The molecule has 2 unspecified atom stereocenters. The van der Waals surface area contributed by atoms with Crippen LogP contribution in [-0.4, -0.2) is 24.1 Å². The summed E-state index contributed by atoms with van der Waals surface area (Å²) in [5.74, 6) is 1.41. The number of halogens is 3. The lowest BCUT2D eigenvalue weighted by Gasteiger charge is -2.11. The summed E-state index contributed by atoms with van der Waals surface area (Å²) in [6, 6.07) is 2.34. The van der Waals surface area contributed by atoms with Gasteiger partial charge in [-0.1, -0.05) is 0 Å². The molecule has 3 rings (SSSR count). The van der Waals surface area contributed by atoms with E-state index < -0.39 is 11.7 Å². The van der Waals surface area contributed by atoms with Crippen molar-refractivity contribution in [2.75, 3.05) is 18.4 Å². The first-order chi connectivity index (χ1) is 8.05. The summed E-state index contributed by atoms with van der Waals surface area (Å²) in [5, 5.41) is 6.31. The SMILES string of the molecule is FC(F)(F)c1ccnc(NC2C3CNCC32)c1. The number of hydrogen-bond acceptors (Lipinski definition) is 3. The molecule has 2 atom stereocenters. The molecule has 17 heavy (non-hydrogen) atoms. The van der Waals surface area contributed by atoms with Crippen LogP contribution in [0, 0.1) is 11.8 Å². The molecule has 1 aromatic heterocycles. The Kier molecular flexibility index (Phi) is 2.29. The minimum absolute atomic E-state index is 0.284. The van der Waals surface area contributed by atoms with Gasteiger partial charge in [0.15, 0.2) is 0 Å². The fourth-order valence-corrected chi connectivity index (χ4v) is 2.49. The lowest BCUT2D eigenvalue weighted by molar-refractivity contribution is -0.137. The predicted molar refractivity (Wildman–Crippen MR) is 56.5 cm³/mol. The molecule has 2 fully saturated rings. The van der Waals surface area contributed by atoms with Crippen molar-refractivity contribution in [3.8, 4) is 0 Å². The first-order valence-corrected chi connectivity index (χ1v) is 5.56. The first-order valence-electron chi connectivity index (χ1n) is 5.56. The summed E-state index contributed by atoms with van der Waals surface area (Å²) in [5.41, 5.74) is -0.654. The molecule has 0 aromatic carbocycles. The van der Waals surface area contributed by atoms with E-state index in [4.69, 9.17) is 0 Å². The fraction of sp³-hybridized carbons (Fsp3) is 0.545. The molecule has 1 aliphatic heterocycles. The number of piperidine rings is 1. The number of nitrogens with zero attached hydrogens (tertiary/aromatic N) is 1. The standard InChI is InChI=1S/C11H12F3N3/c12-11(13,14)6-1-2-16-9(3-6)17-10-7-4-15-5-8(7)10/h1-3,7-8,10,15H,4-5H2,(H,16,17). The molecule has 1 aromatic rings. The monoisotopic (exact) mass is 243 g/mol. The van der Waals surface area contributed by atoms with Gasteiger partial charge in [0.25, 0.3) is 0 Å². The molecular formula is C11H12F3N3. The van der Waals surface area contributed by atoms with Gasteiger partial charge < -0.3 is 10.6 Å². The number of rotatable bonds is 2. The van der Waals surface area contributed by atoms with Crippen LogP contribution in [0.3, 0.4) is 0 Å². The largest absolute Gasteiger partial charge is 0.416 e. The average molecular weight is 243 g/mol. The van der Waals surface area contributed by atoms with Gasteiger partial charge in [0.2, 0.25) is 0 Å². The van der Waals surface area contributed by atoms with Crippen LogP contribution in [0.2, 0.25) is 0 Å². The van der Waals surface area contributed by atoms with Gasteiger partial charge in [-0.2, -0.15) is 13.2 Å². The fourth-order valence-electron chi connectivity index (χ4n) is 2.49. The lowest BCUT2D eigenvalue weighted by Crippen LogP contribution is -2.22. The Hall–Kier alpha value is -1.30. The maximum absolute atomic E-state index is 12.5. The molecule has 0 radical (unpaired) electrons. The molecule has 0 spiro atoms. The summed E-state index contributed by atoms with van der Waals surface area (Å²) in [6.07, 6.45) is -3.11. The third-order valence-corrected chi connectivity index (χ3v) is 3.49. The molecule has 1 saturated heterocycles. The van der Waals surface area contributed by atoms with E-state index in [2.05, 4.69) is 15.6 Å². The number of hydrogen-bond donors (Lipinski definition) is 2. The topological polar surface area (TPSA) is 37.0 Å². The van der Waals surface area contributed by atoms with E-state index in [1.165, 1.54) is 6.20 Å². The average Bonchev–Trinajstić information content (AvgIpc) is 2.74. The molecular weight excluding hydrogens is 231 g/mol. The van der Waals surface area contributed by atoms with Crippen molar-refractivity contribution in [3.63, 3.8) is 0 Å². The highest BCUT2D eigenvalue weighted by molar-refractivity contribution is 5.42. The highest BCUT2D eigenvalue weighted by Gasteiger charge is 2.53. The summed E-state index contributed by atoms with van der Waals surface area (Å²) in [6.45, 7) is 1.89. The highest BCUT2D eigenvalue weighted by Crippen LogP contribution is 2.43. The molecule has 0 bridgehead atoms. The van der Waals surface area contributed by atoms with E-state index in [0.717, 1.165) is 25.2 Å². The predicted octanol–water partition coefficient (Wildman–Crippen LogP) is 1.73. The Labute approximate surface area is 96.4 Å². The number of fused-ring (bicyclic) bond motifs is 1. The van der Waals surface area contributed by atoms with Crippen molar-refractivity contribution >= 4 is 5.82 Å². The van der Waals surface area contributed by atoms with Gasteiger partial charge in [-0.25, -0.2) is 4.98 Å². The third-order valence-electron chi connectivity index (χ3n) is 3.49. The summed E-state index contributed by atoms with van der Waals surface area (Å²) >= 11 is 0. The van der Waals surface area contributed by atoms with Crippen LogP contribution in [0.15, 0.2) is 18.3 Å². The molecule has 1 saturated carbocycles. The Morgan fingerprint density at radius 2 is 2.00 bits per heavy atom. The molecule has 92 valence electrons. The number of aromatic nitrogens is 1. The van der Waals surface area contributed by atoms with Crippen LogP contribution in [0.25, 0.3) is 0 Å². The van der Waals surface area contributed by atoms with E-state index >= 15 is 0 Å². The zero-order valence-corrected chi connectivity index (χ0v) is 8.96. The van der Waals surface area contributed by atoms with Crippen molar-refractivity contribution in [1.29, 1.82) is 0 Å².